The molecule has 0 aliphatic carbocycles. The van der Waals surface area contributed by atoms with Crippen LogP contribution in [0.15, 0.2) is 23.2 Å². The number of hydrogen-bond acceptors (Lipinski definition) is 4. The third-order valence-corrected chi connectivity index (χ3v) is 1.27. The van der Waals surface area contributed by atoms with Crippen LogP contribution in [0.5, 0.6) is 0 Å². The number of anilines is 1. The van der Waals surface area contributed by atoms with Crippen molar-refractivity contribution in [2.75, 3.05) is 5.73 Å². The van der Waals surface area contributed by atoms with Crippen LogP contribution in [0, 0.1) is 0 Å². The van der Waals surface area contributed by atoms with Gasteiger partial charge in [-0.2, -0.15) is 0 Å². The van der Waals surface area contributed by atoms with Crippen LogP contribution in [0.25, 0.3) is 11.5 Å². The lowest BCUT2D eigenvalue weighted by Crippen LogP contribution is -1.83. The summed E-state index contributed by atoms with van der Waals surface area (Å²) in [6.45, 7) is 0. The van der Waals surface area contributed by atoms with Gasteiger partial charge in [-0.3, -0.25) is 0 Å². The SMILES string of the molecule is Nc1cnc2cncoc1-2. The fraction of sp³-hybridized carbons (Fsp3) is 0. The molecule has 0 bridgehead atoms. The van der Waals surface area contributed by atoms with Crippen molar-refractivity contribution in [2.24, 2.45) is 0 Å². The van der Waals surface area contributed by atoms with Gasteiger partial charge < -0.3 is 10.2 Å². The molecule has 0 saturated heterocycles. The number of nitrogen functional groups attached to an aromatic ring is 1. The van der Waals surface area contributed by atoms with Crippen LogP contribution in [0.2, 0.25) is 0 Å². The Bertz CT molecular complexity index is 317. The average Bonchev–Trinajstić information content (AvgIpc) is 2.34. The lowest BCUT2D eigenvalue weighted by molar-refractivity contribution is 0.543. The van der Waals surface area contributed by atoms with Crippen molar-refractivity contribution < 1.29 is 4.42 Å². The zero-order chi connectivity index (χ0) is 6.97. The summed E-state index contributed by atoms with van der Waals surface area (Å²) < 4.78 is 4.98. The molecule has 0 fully saturated rings. The molecule has 4 heteroatoms. The van der Waals surface area contributed by atoms with Crippen molar-refractivity contribution >= 4 is 5.69 Å². The highest BCUT2D eigenvalue weighted by Gasteiger charge is 2.09. The molecule has 0 amide bonds. The first-order valence-electron chi connectivity index (χ1n) is 2.80. The Balaban J connectivity index is 2.78. The molecule has 0 aromatic rings. The topological polar surface area (TPSA) is 64.9 Å². The van der Waals surface area contributed by atoms with E-state index in [9.17, 15) is 0 Å². The summed E-state index contributed by atoms with van der Waals surface area (Å²) in [5.74, 6) is 0.606. The fourth-order valence-corrected chi connectivity index (χ4v) is 0.809. The van der Waals surface area contributed by atoms with Gasteiger partial charge in [0.25, 0.3) is 0 Å². The minimum Gasteiger partial charge on any atom is -0.441 e. The number of hydrogen-bond donors (Lipinski definition) is 1. The number of nitrogens with zero attached hydrogens (tertiary/aromatic N) is 2. The Morgan fingerprint density at radius 1 is 1.40 bits per heavy atom. The molecule has 0 saturated carbocycles. The minimum atomic E-state index is 0.553. The lowest BCUT2D eigenvalue weighted by atomic mass is 10.3. The van der Waals surface area contributed by atoms with Gasteiger partial charge in [-0.15, -0.1) is 0 Å². The molecule has 10 heavy (non-hydrogen) atoms. The molecule has 0 radical (unpaired) electrons. The van der Waals surface area contributed by atoms with Gasteiger partial charge in [0.2, 0.25) is 0 Å². The Morgan fingerprint density at radius 3 is 3.10 bits per heavy atom. The number of nitrogens with two attached hydrogens (primary N) is 1. The van der Waals surface area contributed by atoms with E-state index in [-0.39, 0.29) is 0 Å². The van der Waals surface area contributed by atoms with E-state index < -0.39 is 0 Å². The van der Waals surface area contributed by atoms with Crippen molar-refractivity contribution in [3.63, 3.8) is 0 Å². The Labute approximate surface area is 57.0 Å². The van der Waals surface area contributed by atoms with Crippen LogP contribution >= 0.6 is 0 Å². The molecule has 0 aromatic heterocycles. The van der Waals surface area contributed by atoms with Crippen molar-refractivity contribution in [1.82, 2.24) is 9.97 Å². The van der Waals surface area contributed by atoms with Gasteiger partial charge >= 0.3 is 0 Å². The van der Waals surface area contributed by atoms with Gasteiger partial charge in [-0.05, 0) is 0 Å². The predicted octanol–water partition coefficient (Wildman–Crippen LogP) is 0.757. The number of fused-ring (bicyclic) bond motifs is 1. The summed E-state index contributed by atoms with van der Waals surface area (Å²) in [7, 11) is 0. The summed E-state index contributed by atoms with van der Waals surface area (Å²) in [6, 6.07) is 0. The highest BCUT2D eigenvalue weighted by Crippen LogP contribution is 2.24. The predicted molar refractivity (Wildman–Crippen MR) is 35.3 cm³/mol. The molecule has 2 aliphatic heterocycles. The van der Waals surface area contributed by atoms with Gasteiger partial charge in [0, 0.05) is 0 Å². The van der Waals surface area contributed by atoms with Crippen molar-refractivity contribution in [3.8, 4) is 11.5 Å². The van der Waals surface area contributed by atoms with Crippen LogP contribution in [-0.2, 0) is 0 Å². The highest BCUT2D eigenvalue weighted by atomic mass is 16.3. The standard InChI is InChI=1S/C6H5N3O/c7-4-1-9-5-2-8-3-10-6(4)5/h1-3H,7H2. The second-order valence-corrected chi connectivity index (χ2v) is 1.93. The molecule has 0 atom stereocenters. The first-order chi connectivity index (χ1) is 4.88. The minimum absolute atomic E-state index is 0.553. The van der Waals surface area contributed by atoms with Crippen LogP contribution in [-0.4, -0.2) is 9.97 Å². The maximum atomic E-state index is 5.49. The summed E-state index contributed by atoms with van der Waals surface area (Å²) in [6.07, 6.45) is 4.49. The maximum Gasteiger partial charge on any atom is 0.181 e. The van der Waals surface area contributed by atoms with Gasteiger partial charge in [0.1, 0.15) is 5.69 Å². The van der Waals surface area contributed by atoms with Gasteiger partial charge in [0.05, 0.1) is 18.1 Å². The monoisotopic (exact) mass is 135 g/mol. The summed E-state index contributed by atoms with van der Waals surface area (Å²) in [5.41, 5.74) is 6.74. The quantitative estimate of drug-likeness (QED) is 0.579. The number of rotatable bonds is 0. The van der Waals surface area contributed by atoms with E-state index >= 15 is 0 Å². The van der Waals surface area contributed by atoms with E-state index in [1.165, 1.54) is 6.39 Å². The molecule has 0 spiro atoms. The normalized spacial score (nSPS) is 10.4. The second kappa shape index (κ2) is 1.70. The second-order valence-electron chi connectivity index (χ2n) is 1.93. The van der Waals surface area contributed by atoms with Crippen molar-refractivity contribution in [3.05, 3.63) is 18.8 Å². The molecule has 0 aromatic carbocycles. The molecule has 50 valence electrons. The molecule has 4 nitrogen and oxygen atoms in total. The van der Waals surface area contributed by atoms with Crippen LogP contribution < -0.4 is 5.73 Å². The van der Waals surface area contributed by atoms with Gasteiger partial charge in [0.15, 0.2) is 12.2 Å². The fourth-order valence-electron chi connectivity index (χ4n) is 0.809. The van der Waals surface area contributed by atoms with E-state index in [4.69, 9.17) is 10.2 Å². The third-order valence-electron chi connectivity index (χ3n) is 1.27. The molecular formula is C6H5N3O. The zero-order valence-electron chi connectivity index (χ0n) is 5.11. The van der Waals surface area contributed by atoms with E-state index in [0.717, 1.165) is 0 Å². The van der Waals surface area contributed by atoms with E-state index in [1.807, 2.05) is 0 Å². The largest absolute Gasteiger partial charge is 0.441 e. The number of aromatic nitrogens is 2. The lowest BCUT2D eigenvalue weighted by Gasteiger charge is -1.92. The Hall–Kier alpha value is -1.58. The molecule has 0 unspecified atom stereocenters. The van der Waals surface area contributed by atoms with Gasteiger partial charge in [-0.1, -0.05) is 0 Å². The zero-order valence-corrected chi connectivity index (χ0v) is 5.11. The van der Waals surface area contributed by atoms with Gasteiger partial charge in [-0.25, -0.2) is 9.97 Å². The Morgan fingerprint density at radius 2 is 2.30 bits per heavy atom. The molecule has 2 heterocycles. The maximum absolute atomic E-state index is 5.49. The molecule has 2 aliphatic rings. The highest BCUT2D eigenvalue weighted by molar-refractivity contribution is 5.68. The van der Waals surface area contributed by atoms with E-state index in [1.54, 1.807) is 12.4 Å². The first-order valence-corrected chi connectivity index (χ1v) is 2.80. The first kappa shape index (κ1) is 5.22. The molecule has 2 rings (SSSR count). The van der Waals surface area contributed by atoms with E-state index in [0.29, 0.717) is 17.1 Å². The average molecular weight is 135 g/mol. The van der Waals surface area contributed by atoms with Crippen molar-refractivity contribution in [2.45, 2.75) is 0 Å². The summed E-state index contributed by atoms with van der Waals surface area (Å²) in [4.78, 5) is 7.68. The molecular weight excluding hydrogens is 130 g/mol. The smallest absolute Gasteiger partial charge is 0.181 e. The summed E-state index contributed by atoms with van der Waals surface area (Å²) in [5, 5.41) is 0. The van der Waals surface area contributed by atoms with Crippen molar-refractivity contribution in [1.29, 1.82) is 0 Å². The van der Waals surface area contributed by atoms with E-state index in [2.05, 4.69) is 9.97 Å². The third kappa shape index (κ3) is 0.556. The van der Waals surface area contributed by atoms with Crippen LogP contribution in [0.1, 0.15) is 0 Å². The van der Waals surface area contributed by atoms with Crippen LogP contribution in [0.4, 0.5) is 5.69 Å². The summed E-state index contributed by atoms with van der Waals surface area (Å²) >= 11 is 0. The molecule has 2 N–H and O–H groups in total. The Kier molecular flexibility index (Phi) is 0.887. The van der Waals surface area contributed by atoms with Crippen LogP contribution in [0.3, 0.4) is 0 Å².